The van der Waals surface area contributed by atoms with Crippen LogP contribution in [0.25, 0.3) is 0 Å². The van der Waals surface area contributed by atoms with E-state index in [2.05, 4.69) is 81.9 Å². The maximum Gasteiger partial charge on any atom is 0.232 e. The third-order valence-electron chi connectivity index (χ3n) is 9.98. The predicted molar refractivity (Wildman–Crippen MR) is 186 cm³/mol. The van der Waals surface area contributed by atoms with Crippen LogP contribution in [0.5, 0.6) is 11.5 Å². The number of hydrogen-bond donors (Lipinski definition) is 0. The van der Waals surface area contributed by atoms with Gasteiger partial charge in [-0.25, -0.2) is 0 Å². The van der Waals surface area contributed by atoms with E-state index in [0.29, 0.717) is 34.5 Å². The average Bonchev–Trinajstić information content (AvgIpc) is 3.04. The van der Waals surface area contributed by atoms with Crippen LogP contribution in [0, 0.1) is 5.92 Å². The number of halogens is 1. The maximum atomic E-state index is 13.9. The summed E-state index contributed by atoms with van der Waals surface area (Å²) in [6.45, 7) is 9.77. The predicted octanol–water partition coefficient (Wildman–Crippen LogP) is 8.54. The molecule has 1 aliphatic heterocycles. The number of carbonyl (C=O) groups is 1. The lowest BCUT2D eigenvalue weighted by Crippen LogP contribution is -2.41. The summed E-state index contributed by atoms with van der Waals surface area (Å²) in [5.74, 6) is 2.09. The fraction of sp³-hybridized carbons (Fsp3) is 0.500. The summed E-state index contributed by atoms with van der Waals surface area (Å²) in [5.41, 5.74) is 5.03. The van der Waals surface area contributed by atoms with Crippen molar-refractivity contribution in [2.45, 2.75) is 90.4 Å². The summed E-state index contributed by atoms with van der Waals surface area (Å²) in [6.07, 6.45) is 6.27. The number of amides is 1. The van der Waals surface area contributed by atoms with Crippen LogP contribution >= 0.6 is 11.6 Å². The molecule has 0 bridgehead atoms. The second kappa shape index (κ2) is 14.5. The Morgan fingerprint density at radius 1 is 0.933 bits per heavy atom. The molecule has 45 heavy (non-hydrogen) atoms. The molecule has 6 nitrogen and oxygen atoms in total. The van der Waals surface area contributed by atoms with Gasteiger partial charge in [0.2, 0.25) is 5.91 Å². The molecule has 0 spiro atoms. The van der Waals surface area contributed by atoms with E-state index in [4.69, 9.17) is 21.1 Å². The Bertz CT molecular complexity index is 1430. The zero-order valence-corrected chi connectivity index (χ0v) is 28.8. The standard InChI is InChI=1S/C38H50ClN3O3/c1-8-26(4)45-36-23-34-29(21-35(36)44-7)22-37(43)42(38(34)28-11-13-30(39)14-12-28)33-19-17-31(18-20-33)40(5)24-27-9-15-32(16-10-27)41(6)25(2)3/h11-14,17-21,23,25-27,32,38H,8-10,15-16,22,24H2,1-7H3. The average molecular weight is 632 g/mol. The minimum absolute atomic E-state index is 0.0354. The first-order chi connectivity index (χ1) is 21.6. The summed E-state index contributed by atoms with van der Waals surface area (Å²) >= 11 is 6.30. The zero-order valence-electron chi connectivity index (χ0n) is 28.1. The van der Waals surface area contributed by atoms with Crippen molar-refractivity contribution in [3.05, 3.63) is 82.4 Å². The Hall–Kier alpha value is -3.22. The molecule has 2 aliphatic rings. The van der Waals surface area contributed by atoms with Gasteiger partial charge in [0.1, 0.15) is 0 Å². The van der Waals surface area contributed by atoms with Crippen LogP contribution in [0.1, 0.15) is 82.5 Å². The van der Waals surface area contributed by atoms with Crippen LogP contribution in [0.3, 0.4) is 0 Å². The summed E-state index contributed by atoms with van der Waals surface area (Å²) in [7, 11) is 6.10. The van der Waals surface area contributed by atoms with Gasteiger partial charge in [0.25, 0.3) is 0 Å². The van der Waals surface area contributed by atoms with Crippen molar-refractivity contribution in [1.29, 1.82) is 0 Å². The highest BCUT2D eigenvalue weighted by Crippen LogP contribution is 2.44. The van der Waals surface area contributed by atoms with Crippen molar-refractivity contribution in [2.24, 2.45) is 5.92 Å². The second-order valence-corrected chi connectivity index (χ2v) is 13.7. The van der Waals surface area contributed by atoms with Crippen molar-refractivity contribution in [3.8, 4) is 11.5 Å². The molecule has 1 saturated carbocycles. The Labute approximate surface area is 275 Å². The van der Waals surface area contributed by atoms with Crippen LogP contribution in [-0.4, -0.2) is 56.7 Å². The Kier molecular flexibility index (Phi) is 10.7. The lowest BCUT2D eigenvalue weighted by Gasteiger charge is -2.39. The van der Waals surface area contributed by atoms with Crippen LogP contribution in [0.2, 0.25) is 5.02 Å². The highest BCUT2D eigenvalue weighted by Gasteiger charge is 2.36. The van der Waals surface area contributed by atoms with Crippen LogP contribution < -0.4 is 19.3 Å². The normalized spacial score (nSPS) is 20.7. The molecule has 2 atom stereocenters. The molecule has 1 aliphatic carbocycles. The van der Waals surface area contributed by atoms with Crippen molar-refractivity contribution >= 4 is 28.9 Å². The minimum Gasteiger partial charge on any atom is -0.493 e. The molecular formula is C38H50ClN3O3. The zero-order chi connectivity index (χ0) is 32.2. The lowest BCUT2D eigenvalue weighted by molar-refractivity contribution is -0.118. The molecule has 5 rings (SSSR count). The van der Waals surface area contributed by atoms with Crippen LogP contribution in [-0.2, 0) is 11.2 Å². The van der Waals surface area contributed by atoms with E-state index < -0.39 is 0 Å². The van der Waals surface area contributed by atoms with Gasteiger partial charge >= 0.3 is 0 Å². The molecule has 1 fully saturated rings. The number of hydrogen-bond acceptors (Lipinski definition) is 5. The Morgan fingerprint density at radius 2 is 1.60 bits per heavy atom. The number of carbonyl (C=O) groups excluding carboxylic acids is 1. The number of benzene rings is 3. The number of ether oxygens (including phenoxy) is 2. The highest BCUT2D eigenvalue weighted by atomic mass is 35.5. The molecule has 0 aromatic heterocycles. The van der Waals surface area contributed by atoms with Gasteiger partial charge in [0, 0.05) is 42.1 Å². The van der Waals surface area contributed by atoms with Gasteiger partial charge in [0.05, 0.1) is 25.7 Å². The smallest absolute Gasteiger partial charge is 0.232 e. The van der Waals surface area contributed by atoms with E-state index >= 15 is 0 Å². The fourth-order valence-corrected chi connectivity index (χ4v) is 7.02. The second-order valence-electron chi connectivity index (χ2n) is 13.3. The topological polar surface area (TPSA) is 45.3 Å². The summed E-state index contributed by atoms with van der Waals surface area (Å²) in [5, 5.41) is 0.663. The molecule has 3 aromatic rings. The lowest BCUT2D eigenvalue weighted by atomic mass is 9.84. The van der Waals surface area contributed by atoms with E-state index in [-0.39, 0.29) is 24.5 Å². The van der Waals surface area contributed by atoms with Gasteiger partial charge in [-0.05, 0) is 131 Å². The van der Waals surface area contributed by atoms with Gasteiger partial charge in [-0.1, -0.05) is 30.7 Å². The number of fused-ring (bicyclic) bond motifs is 1. The third-order valence-corrected chi connectivity index (χ3v) is 10.2. The van der Waals surface area contributed by atoms with Crippen molar-refractivity contribution in [2.75, 3.05) is 37.5 Å². The van der Waals surface area contributed by atoms with Crippen molar-refractivity contribution < 1.29 is 14.3 Å². The van der Waals surface area contributed by atoms with Gasteiger partial charge in [-0.15, -0.1) is 0 Å². The minimum atomic E-state index is -0.327. The van der Waals surface area contributed by atoms with E-state index in [1.807, 2.05) is 35.2 Å². The summed E-state index contributed by atoms with van der Waals surface area (Å²) in [6, 6.07) is 21.3. The quantitative estimate of drug-likeness (QED) is 0.212. The first kappa shape index (κ1) is 33.2. The van der Waals surface area contributed by atoms with E-state index in [9.17, 15) is 4.79 Å². The number of methoxy groups -OCH3 is 1. The Balaban J connectivity index is 1.40. The van der Waals surface area contributed by atoms with Crippen LogP contribution in [0.15, 0.2) is 60.7 Å². The number of rotatable bonds is 11. The van der Waals surface area contributed by atoms with Crippen LogP contribution in [0.4, 0.5) is 11.4 Å². The molecule has 0 radical (unpaired) electrons. The SMILES string of the molecule is CCC(C)Oc1cc2c(cc1OC)CC(=O)N(c1ccc(N(C)CC3CCC(N(C)C(C)C)CC3)cc1)C2c1ccc(Cl)cc1. The van der Waals surface area contributed by atoms with Crippen molar-refractivity contribution in [1.82, 2.24) is 4.90 Å². The molecular weight excluding hydrogens is 582 g/mol. The largest absolute Gasteiger partial charge is 0.493 e. The van der Waals surface area contributed by atoms with Gasteiger partial charge in [0.15, 0.2) is 11.5 Å². The first-order valence-electron chi connectivity index (χ1n) is 16.6. The number of nitrogens with zero attached hydrogens (tertiary/aromatic N) is 3. The molecule has 7 heteroatoms. The molecule has 1 heterocycles. The first-order valence-corrected chi connectivity index (χ1v) is 16.9. The summed E-state index contributed by atoms with van der Waals surface area (Å²) in [4.78, 5) is 20.8. The number of anilines is 2. The summed E-state index contributed by atoms with van der Waals surface area (Å²) < 4.78 is 12.0. The molecule has 2 unspecified atom stereocenters. The van der Waals surface area contributed by atoms with Gasteiger partial charge < -0.3 is 24.2 Å². The highest BCUT2D eigenvalue weighted by molar-refractivity contribution is 6.30. The van der Waals surface area contributed by atoms with Gasteiger partial charge in [-0.2, -0.15) is 0 Å². The molecule has 3 aromatic carbocycles. The molecule has 242 valence electrons. The molecule has 1 amide bonds. The third kappa shape index (κ3) is 7.44. The monoisotopic (exact) mass is 631 g/mol. The Morgan fingerprint density at radius 3 is 2.20 bits per heavy atom. The fourth-order valence-electron chi connectivity index (χ4n) is 6.89. The molecule has 0 N–H and O–H groups in total. The van der Waals surface area contributed by atoms with E-state index in [1.54, 1.807) is 7.11 Å². The van der Waals surface area contributed by atoms with E-state index in [0.717, 1.165) is 35.3 Å². The van der Waals surface area contributed by atoms with Gasteiger partial charge in [-0.3, -0.25) is 4.79 Å². The van der Waals surface area contributed by atoms with E-state index in [1.165, 1.54) is 31.4 Å². The van der Waals surface area contributed by atoms with Crippen molar-refractivity contribution in [3.63, 3.8) is 0 Å². The molecule has 0 saturated heterocycles. The maximum absolute atomic E-state index is 13.9.